The summed E-state index contributed by atoms with van der Waals surface area (Å²) in [6.07, 6.45) is 5.47. The number of hydrogen-bond donors (Lipinski definition) is 1. The number of anilines is 3. The molecule has 0 radical (unpaired) electrons. The van der Waals surface area contributed by atoms with E-state index in [1.54, 1.807) is 32.2 Å². The third-order valence-corrected chi connectivity index (χ3v) is 10.1. The summed E-state index contributed by atoms with van der Waals surface area (Å²) in [5.41, 5.74) is 3.20. The Morgan fingerprint density at radius 1 is 0.980 bits per heavy atom. The van der Waals surface area contributed by atoms with Gasteiger partial charge in [-0.1, -0.05) is 32.9 Å². The number of amides is 1. The van der Waals surface area contributed by atoms with Crippen molar-refractivity contribution >= 4 is 33.9 Å². The van der Waals surface area contributed by atoms with Crippen LogP contribution < -0.4 is 21.3 Å². The van der Waals surface area contributed by atoms with E-state index in [9.17, 15) is 14.4 Å². The number of halogens is 1. The van der Waals surface area contributed by atoms with Crippen LogP contribution in [0.3, 0.4) is 0 Å². The molecule has 0 spiro atoms. The van der Waals surface area contributed by atoms with Crippen molar-refractivity contribution in [1.29, 1.82) is 0 Å². The van der Waals surface area contributed by atoms with Gasteiger partial charge in [0.05, 0.1) is 34.8 Å². The molecule has 3 aromatic heterocycles. The van der Waals surface area contributed by atoms with Crippen molar-refractivity contribution in [2.24, 2.45) is 13.0 Å². The summed E-state index contributed by atoms with van der Waals surface area (Å²) in [6.45, 7) is 11.8. The molecule has 3 saturated heterocycles. The van der Waals surface area contributed by atoms with Crippen LogP contribution in [0, 0.1) is 18.7 Å². The fourth-order valence-electron chi connectivity index (χ4n) is 7.22. The van der Waals surface area contributed by atoms with Crippen LogP contribution >= 0.6 is 0 Å². The summed E-state index contributed by atoms with van der Waals surface area (Å²) in [6, 6.07) is 14.4. The molecule has 2 atom stereocenters. The molecule has 0 aliphatic carbocycles. The Morgan fingerprint density at radius 2 is 1.78 bits per heavy atom. The number of nitrogens with zero attached hydrogens (tertiary/aromatic N) is 7. The van der Waals surface area contributed by atoms with Gasteiger partial charge in [0, 0.05) is 50.6 Å². The van der Waals surface area contributed by atoms with Gasteiger partial charge in [-0.05, 0) is 78.6 Å². The molecule has 0 saturated carbocycles. The van der Waals surface area contributed by atoms with E-state index in [1.165, 1.54) is 21.6 Å². The molecule has 2 bridgehead atoms. The summed E-state index contributed by atoms with van der Waals surface area (Å²) in [5.74, 6) is 0.459. The Hall–Kier alpha value is -5.39. The Kier molecular flexibility index (Phi) is 8.28. The first-order valence-electron chi connectivity index (χ1n) is 16.9. The third kappa shape index (κ3) is 6.03. The monoisotopic (exact) mass is 676 g/mol. The predicted molar refractivity (Wildman–Crippen MR) is 193 cm³/mol. The van der Waals surface area contributed by atoms with Crippen LogP contribution in [0.15, 0.2) is 70.5 Å². The second-order valence-electron chi connectivity index (χ2n) is 14.6. The summed E-state index contributed by atoms with van der Waals surface area (Å²) in [7, 11) is 1.58. The molecular weight excluding hydrogens is 635 g/mol. The highest BCUT2D eigenvalue weighted by atomic mass is 19.1. The van der Waals surface area contributed by atoms with E-state index >= 15 is 4.39 Å². The molecule has 5 aromatic rings. The van der Waals surface area contributed by atoms with Gasteiger partial charge in [-0.2, -0.15) is 14.9 Å². The molecule has 12 heteroatoms. The molecule has 2 unspecified atom stereocenters. The predicted octanol–water partition coefficient (Wildman–Crippen LogP) is 5.48. The first-order chi connectivity index (χ1) is 23.8. The van der Waals surface area contributed by atoms with Crippen molar-refractivity contribution in [3.63, 3.8) is 0 Å². The van der Waals surface area contributed by atoms with Gasteiger partial charge in [0.25, 0.3) is 11.1 Å². The first-order valence-corrected chi connectivity index (χ1v) is 16.9. The molecule has 1 amide bonds. The summed E-state index contributed by atoms with van der Waals surface area (Å²) in [5, 5.41) is 12.6. The lowest BCUT2D eigenvalue weighted by molar-refractivity contribution is -0.129. The average Bonchev–Trinajstić information content (AvgIpc) is 3.40. The molecule has 258 valence electrons. The number of hydrogen-bond acceptors (Lipinski definition) is 8. The highest BCUT2D eigenvalue weighted by Gasteiger charge is 2.36. The van der Waals surface area contributed by atoms with Crippen LogP contribution in [0.1, 0.15) is 51.7 Å². The van der Waals surface area contributed by atoms with Crippen molar-refractivity contribution in [3.8, 4) is 16.9 Å². The summed E-state index contributed by atoms with van der Waals surface area (Å²) in [4.78, 5) is 47.9. The van der Waals surface area contributed by atoms with Gasteiger partial charge in [-0.3, -0.25) is 14.4 Å². The lowest BCUT2D eigenvalue weighted by atomic mass is 9.86. The maximum absolute atomic E-state index is 15.4. The van der Waals surface area contributed by atoms with E-state index in [4.69, 9.17) is 0 Å². The van der Waals surface area contributed by atoms with Gasteiger partial charge in [0.1, 0.15) is 17.3 Å². The standard InChI is InChI=1S/C38H41FN8O3/c1-22-29(8-7-9-33(22)47-37(50)35-25(17-41-47)14-26(15-30(35)39)38(3,4)5)31-16-32(36(49)44(6)43-31)42-34-13-12-27(18-40-34)46-20-24-10-11-28(46)21-45(19-24)23(2)48/h7-9,12-18,24,28H,10-11,19-21H2,1-6H3,(H,40,42). The molecule has 50 heavy (non-hydrogen) atoms. The molecule has 8 rings (SSSR count). The van der Waals surface area contributed by atoms with E-state index in [2.05, 4.69) is 25.4 Å². The van der Waals surface area contributed by atoms with Crippen LogP contribution in [-0.2, 0) is 17.3 Å². The SMILES string of the molecule is CC(=O)N1CC2CCC(C1)N(c1ccc(Nc3cc(-c4cccc(-n5ncc6cc(C(C)(C)C)cc(F)c6c5=O)c4C)nn(C)c3=O)nc1)C2. The summed E-state index contributed by atoms with van der Waals surface area (Å²) < 4.78 is 17.9. The van der Waals surface area contributed by atoms with Crippen molar-refractivity contribution in [3.05, 3.63) is 98.6 Å². The zero-order chi connectivity index (χ0) is 35.5. The van der Waals surface area contributed by atoms with E-state index in [0.29, 0.717) is 46.2 Å². The quantitative estimate of drug-likeness (QED) is 0.260. The number of benzene rings is 2. The third-order valence-electron chi connectivity index (χ3n) is 10.1. The highest BCUT2D eigenvalue weighted by Crippen LogP contribution is 2.33. The smallest absolute Gasteiger partial charge is 0.290 e. The highest BCUT2D eigenvalue weighted by molar-refractivity contribution is 5.83. The lowest BCUT2D eigenvalue weighted by Gasteiger charge is -2.37. The van der Waals surface area contributed by atoms with Gasteiger partial charge in [-0.15, -0.1) is 0 Å². The van der Waals surface area contributed by atoms with Crippen LogP contribution in [0.5, 0.6) is 0 Å². The first kappa shape index (κ1) is 33.1. The second kappa shape index (κ2) is 12.5. The van der Waals surface area contributed by atoms with Crippen molar-refractivity contribution in [2.45, 2.75) is 58.9 Å². The zero-order valence-corrected chi connectivity index (χ0v) is 29.2. The maximum atomic E-state index is 15.4. The number of carbonyl (C=O) groups is 1. The zero-order valence-electron chi connectivity index (χ0n) is 29.2. The molecule has 3 aliphatic heterocycles. The van der Waals surface area contributed by atoms with Crippen molar-refractivity contribution < 1.29 is 9.18 Å². The van der Waals surface area contributed by atoms with Gasteiger partial charge in [0.2, 0.25) is 5.91 Å². The van der Waals surface area contributed by atoms with Crippen molar-refractivity contribution in [1.82, 2.24) is 29.4 Å². The van der Waals surface area contributed by atoms with Gasteiger partial charge in [-0.25, -0.2) is 14.1 Å². The van der Waals surface area contributed by atoms with Crippen molar-refractivity contribution in [2.75, 3.05) is 29.9 Å². The minimum Gasteiger partial charge on any atom is -0.365 e. The minimum atomic E-state index is -0.585. The van der Waals surface area contributed by atoms with E-state index in [0.717, 1.165) is 37.2 Å². The van der Waals surface area contributed by atoms with Gasteiger partial charge < -0.3 is 15.1 Å². The van der Waals surface area contributed by atoms with E-state index in [-0.39, 0.29) is 34.0 Å². The number of aryl methyl sites for hydroxylation is 1. The van der Waals surface area contributed by atoms with E-state index < -0.39 is 11.4 Å². The fourth-order valence-corrected chi connectivity index (χ4v) is 7.22. The number of pyridine rings is 1. The molecule has 3 fully saturated rings. The van der Waals surface area contributed by atoms with Gasteiger partial charge in [0.15, 0.2) is 0 Å². The number of nitrogens with one attached hydrogen (secondary N) is 1. The Labute approximate surface area is 289 Å². The van der Waals surface area contributed by atoms with Gasteiger partial charge >= 0.3 is 0 Å². The number of fused-ring (bicyclic) bond motifs is 5. The normalized spacial score (nSPS) is 17.7. The Morgan fingerprint density at radius 3 is 2.50 bits per heavy atom. The molecular formula is C38H41FN8O3. The summed E-state index contributed by atoms with van der Waals surface area (Å²) >= 11 is 0. The lowest BCUT2D eigenvalue weighted by Crippen LogP contribution is -2.44. The molecule has 3 aliphatic rings. The van der Waals surface area contributed by atoms with Crippen LogP contribution in [0.4, 0.5) is 21.6 Å². The molecule has 11 nitrogen and oxygen atoms in total. The molecule has 2 aromatic carbocycles. The van der Waals surface area contributed by atoms with Crippen LogP contribution in [0.2, 0.25) is 0 Å². The topological polar surface area (TPSA) is 118 Å². The van der Waals surface area contributed by atoms with E-state index in [1.807, 2.05) is 63.1 Å². The number of aromatic nitrogens is 5. The second-order valence-corrected chi connectivity index (χ2v) is 14.6. The number of carbonyl (C=O) groups excluding carboxylic acids is 1. The molecule has 6 heterocycles. The van der Waals surface area contributed by atoms with Crippen LogP contribution in [-0.4, -0.2) is 61.0 Å². The average molecular weight is 677 g/mol. The molecule has 1 N–H and O–H groups in total. The largest absolute Gasteiger partial charge is 0.365 e. The van der Waals surface area contributed by atoms with Crippen LogP contribution in [0.25, 0.3) is 27.7 Å². The number of rotatable bonds is 5. The Balaban J connectivity index is 1.18. The fraction of sp³-hybridized carbons (Fsp3) is 0.368. The maximum Gasteiger partial charge on any atom is 0.290 e. The minimum absolute atomic E-state index is 0.0237. The number of piperidine rings is 1. The Bertz CT molecular complexity index is 2260.